The molecule has 2 amide bonds. The van der Waals surface area contributed by atoms with Crippen molar-refractivity contribution in [1.29, 1.82) is 0 Å². The minimum absolute atomic E-state index is 0.258. The summed E-state index contributed by atoms with van der Waals surface area (Å²) in [4.78, 5) is 24.5. The molecule has 0 radical (unpaired) electrons. The van der Waals surface area contributed by atoms with Gasteiger partial charge in [-0.05, 0) is 66.6 Å². The van der Waals surface area contributed by atoms with E-state index in [-0.39, 0.29) is 6.54 Å². The van der Waals surface area contributed by atoms with Crippen molar-refractivity contribution < 1.29 is 28.5 Å². The van der Waals surface area contributed by atoms with Crippen LogP contribution in [0.15, 0.2) is 65.8 Å². The number of benzene rings is 3. The standard InChI is InChI=1S/C27H28ClN3O6/c1-4-36-25-13-19(7-11-23(25)37-17-18-5-9-21(28)10-6-18)15-30-31-26(32)16-29-27(33)20-8-12-22(34-2)24(14-20)35-3/h5-15H,4,16-17H2,1-3H3,(H,29,33)(H,31,32). The van der Waals surface area contributed by atoms with Crippen molar-refractivity contribution in [1.82, 2.24) is 10.7 Å². The first-order valence-corrected chi connectivity index (χ1v) is 11.8. The lowest BCUT2D eigenvalue weighted by Gasteiger charge is -2.12. The Labute approximate surface area is 220 Å². The highest BCUT2D eigenvalue weighted by Crippen LogP contribution is 2.29. The zero-order chi connectivity index (χ0) is 26.6. The average Bonchev–Trinajstić information content (AvgIpc) is 2.92. The molecule has 0 aliphatic rings. The van der Waals surface area contributed by atoms with Crippen molar-refractivity contribution in [3.63, 3.8) is 0 Å². The molecular formula is C27H28ClN3O6. The van der Waals surface area contributed by atoms with Crippen LogP contribution < -0.4 is 29.7 Å². The van der Waals surface area contributed by atoms with E-state index in [0.717, 1.165) is 5.56 Å². The second-order valence-electron chi connectivity index (χ2n) is 7.60. The molecule has 0 spiro atoms. The third-order valence-corrected chi connectivity index (χ3v) is 5.29. The van der Waals surface area contributed by atoms with Gasteiger partial charge in [0.25, 0.3) is 11.8 Å². The fraction of sp³-hybridized carbons (Fsp3) is 0.222. The number of hydrazone groups is 1. The number of ether oxygens (including phenoxy) is 4. The molecule has 0 unspecified atom stereocenters. The summed E-state index contributed by atoms with van der Waals surface area (Å²) in [6.07, 6.45) is 1.47. The number of rotatable bonds is 12. The first-order valence-electron chi connectivity index (χ1n) is 11.4. The van der Waals surface area contributed by atoms with Gasteiger partial charge in [0.2, 0.25) is 0 Å². The number of carbonyl (C=O) groups is 2. The Bertz CT molecular complexity index is 1250. The van der Waals surface area contributed by atoms with Gasteiger partial charge in [0.05, 0.1) is 33.6 Å². The van der Waals surface area contributed by atoms with Gasteiger partial charge in [-0.3, -0.25) is 9.59 Å². The van der Waals surface area contributed by atoms with E-state index < -0.39 is 11.8 Å². The molecule has 3 rings (SSSR count). The van der Waals surface area contributed by atoms with Crippen molar-refractivity contribution in [3.05, 3.63) is 82.4 Å². The van der Waals surface area contributed by atoms with Gasteiger partial charge in [-0.2, -0.15) is 5.10 Å². The van der Waals surface area contributed by atoms with Gasteiger partial charge in [0.1, 0.15) is 6.61 Å². The summed E-state index contributed by atoms with van der Waals surface area (Å²) >= 11 is 5.92. The van der Waals surface area contributed by atoms with E-state index in [1.807, 2.05) is 19.1 Å². The van der Waals surface area contributed by atoms with E-state index >= 15 is 0 Å². The van der Waals surface area contributed by atoms with E-state index in [0.29, 0.717) is 52.4 Å². The van der Waals surface area contributed by atoms with E-state index in [2.05, 4.69) is 15.8 Å². The number of methoxy groups -OCH3 is 2. The van der Waals surface area contributed by atoms with Crippen molar-refractivity contribution in [3.8, 4) is 23.0 Å². The smallest absolute Gasteiger partial charge is 0.259 e. The average molecular weight is 526 g/mol. The highest BCUT2D eigenvalue weighted by molar-refractivity contribution is 6.30. The van der Waals surface area contributed by atoms with Crippen LogP contribution in [-0.2, 0) is 11.4 Å². The van der Waals surface area contributed by atoms with Crippen molar-refractivity contribution >= 4 is 29.6 Å². The Morgan fingerprint density at radius 3 is 2.32 bits per heavy atom. The van der Waals surface area contributed by atoms with Crippen LogP contribution in [-0.4, -0.2) is 45.4 Å². The number of hydrogen-bond acceptors (Lipinski definition) is 7. The van der Waals surface area contributed by atoms with Crippen LogP contribution >= 0.6 is 11.6 Å². The molecule has 3 aromatic carbocycles. The molecule has 0 aliphatic carbocycles. The number of carbonyl (C=O) groups excluding carboxylic acids is 2. The summed E-state index contributed by atoms with van der Waals surface area (Å²) in [5.74, 6) is 1.12. The molecular weight excluding hydrogens is 498 g/mol. The molecule has 194 valence electrons. The third kappa shape index (κ3) is 8.15. The Morgan fingerprint density at radius 2 is 1.62 bits per heavy atom. The highest BCUT2D eigenvalue weighted by atomic mass is 35.5. The van der Waals surface area contributed by atoms with Gasteiger partial charge in [0.15, 0.2) is 23.0 Å². The van der Waals surface area contributed by atoms with Crippen molar-refractivity contribution in [2.24, 2.45) is 5.10 Å². The summed E-state index contributed by atoms with van der Waals surface area (Å²) in [7, 11) is 2.98. The second kappa shape index (κ2) is 13.7. The maximum Gasteiger partial charge on any atom is 0.259 e. The van der Waals surface area contributed by atoms with Gasteiger partial charge in [-0.1, -0.05) is 23.7 Å². The number of nitrogens with one attached hydrogen (secondary N) is 2. The molecule has 0 saturated heterocycles. The summed E-state index contributed by atoms with van der Waals surface area (Å²) in [6.45, 7) is 2.43. The van der Waals surface area contributed by atoms with Gasteiger partial charge < -0.3 is 24.3 Å². The first-order chi connectivity index (χ1) is 17.9. The molecule has 0 atom stereocenters. The molecule has 9 nitrogen and oxygen atoms in total. The lowest BCUT2D eigenvalue weighted by molar-refractivity contribution is -0.120. The normalized spacial score (nSPS) is 10.6. The molecule has 37 heavy (non-hydrogen) atoms. The fourth-order valence-electron chi connectivity index (χ4n) is 3.19. The minimum Gasteiger partial charge on any atom is -0.493 e. The molecule has 0 aliphatic heterocycles. The predicted molar refractivity (Wildman–Crippen MR) is 141 cm³/mol. The van der Waals surface area contributed by atoms with Crippen LogP contribution in [0.25, 0.3) is 0 Å². The molecule has 0 fully saturated rings. The largest absolute Gasteiger partial charge is 0.493 e. The van der Waals surface area contributed by atoms with E-state index in [9.17, 15) is 9.59 Å². The Hall–Kier alpha value is -4.24. The van der Waals surface area contributed by atoms with Crippen LogP contribution in [0.2, 0.25) is 5.02 Å². The lowest BCUT2D eigenvalue weighted by atomic mass is 10.2. The Morgan fingerprint density at radius 1 is 0.892 bits per heavy atom. The number of hydrogen-bond donors (Lipinski definition) is 2. The summed E-state index contributed by atoms with van der Waals surface area (Å²) < 4.78 is 21.9. The zero-order valence-electron chi connectivity index (χ0n) is 20.7. The molecule has 0 bridgehead atoms. The SMILES string of the molecule is CCOc1cc(C=NNC(=O)CNC(=O)c2ccc(OC)c(OC)c2)ccc1OCc1ccc(Cl)cc1. The molecule has 2 N–H and O–H groups in total. The maximum absolute atomic E-state index is 12.3. The summed E-state index contributed by atoms with van der Waals surface area (Å²) in [5, 5.41) is 7.15. The highest BCUT2D eigenvalue weighted by Gasteiger charge is 2.12. The second-order valence-corrected chi connectivity index (χ2v) is 8.04. The van der Waals surface area contributed by atoms with Gasteiger partial charge >= 0.3 is 0 Å². The molecule has 0 heterocycles. The molecule has 0 saturated carbocycles. The van der Waals surface area contributed by atoms with E-state index in [1.165, 1.54) is 26.5 Å². The van der Waals surface area contributed by atoms with Crippen LogP contribution in [0.5, 0.6) is 23.0 Å². The van der Waals surface area contributed by atoms with E-state index in [4.69, 9.17) is 30.5 Å². The topological polar surface area (TPSA) is 107 Å². The van der Waals surface area contributed by atoms with Gasteiger partial charge in [-0.15, -0.1) is 0 Å². The lowest BCUT2D eigenvalue weighted by Crippen LogP contribution is -2.34. The summed E-state index contributed by atoms with van der Waals surface area (Å²) in [6, 6.07) is 17.4. The molecule has 0 aromatic heterocycles. The van der Waals surface area contributed by atoms with E-state index in [1.54, 1.807) is 42.5 Å². The van der Waals surface area contributed by atoms with Crippen molar-refractivity contribution in [2.45, 2.75) is 13.5 Å². The number of halogens is 1. The monoisotopic (exact) mass is 525 g/mol. The number of nitrogens with zero attached hydrogens (tertiary/aromatic N) is 1. The minimum atomic E-state index is -0.488. The van der Waals surface area contributed by atoms with Crippen LogP contribution in [0.4, 0.5) is 0 Å². The first kappa shape index (κ1) is 27.3. The predicted octanol–water partition coefficient (Wildman–Crippen LogP) is 4.22. The number of amides is 2. The van der Waals surface area contributed by atoms with Gasteiger partial charge in [0, 0.05) is 10.6 Å². The molecule has 10 heteroatoms. The zero-order valence-corrected chi connectivity index (χ0v) is 21.5. The van der Waals surface area contributed by atoms with Crippen LogP contribution in [0.1, 0.15) is 28.4 Å². The van der Waals surface area contributed by atoms with Crippen LogP contribution in [0, 0.1) is 0 Å². The Balaban J connectivity index is 1.53. The van der Waals surface area contributed by atoms with Gasteiger partial charge in [-0.25, -0.2) is 5.43 Å². The summed E-state index contributed by atoms with van der Waals surface area (Å²) in [5.41, 5.74) is 4.38. The quantitative estimate of drug-likeness (QED) is 0.271. The maximum atomic E-state index is 12.3. The Kier molecular flexibility index (Phi) is 10.2. The molecule has 3 aromatic rings. The fourth-order valence-corrected chi connectivity index (χ4v) is 3.32. The third-order valence-electron chi connectivity index (χ3n) is 5.03. The van der Waals surface area contributed by atoms with Crippen LogP contribution in [0.3, 0.4) is 0 Å². The van der Waals surface area contributed by atoms with Crippen molar-refractivity contribution in [2.75, 3.05) is 27.4 Å².